The summed E-state index contributed by atoms with van der Waals surface area (Å²) in [5, 5.41) is 8.60. The molecule has 0 fully saturated rings. The van der Waals surface area contributed by atoms with Gasteiger partial charge in [-0.15, -0.1) is 0 Å². The summed E-state index contributed by atoms with van der Waals surface area (Å²) in [5.41, 5.74) is 0. The van der Waals surface area contributed by atoms with E-state index in [2.05, 4.69) is 0 Å². The molecule has 0 aromatic carbocycles. The number of carbonyl (C=O) groups is 1. The molecule has 0 aromatic heterocycles. The van der Waals surface area contributed by atoms with E-state index in [-0.39, 0.29) is 86.9 Å². The minimum atomic E-state index is -0.978. The second-order valence-electron chi connectivity index (χ2n) is 4.65. The molecule has 2 nitrogen and oxygen atoms in total. The van der Waals surface area contributed by atoms with E-state index >= 15 is 0 Å². The summed E-state index contributed by atoms with van der Waals surface area (Å²) in [6.07, 6.45) is 2.78. The summed E-state index contributed by atoms with van der Waals surface area (Å²) in [6, 6.07) is -0.961. The molecule has 0 spiro atoms. The summed E-state index contributed by atoms with van der Waals surface area (Å²) in [4.78, 5) is 10.5. The number of aliphatic carboxylic acids is 1. The van der Waals surface area contributed by atoms with Crippen LogP contribution >= 0.6 is 0 Å². The number of hydrogen-bond acceptors (Lipinski definition) is 1. The van der Waals surface area contributed by atoms with Crippen molar-refractivity contribution in [3.05, 3.63) is 48.4 Å². The molecule has 1 N–H and O–H groups in total. The summed E-state index contributed by atoms with van der Waals surface area (Å²) >= 11 is 0. The van der Waals surface area contributed by atoms with E-state index in [1.165, 1.54) is 0 Å². The lowest BCUT2D eigenvalue weighted by atomic mass is 10.2. The SMILES string of the molecule is [2H]/C(CCCC(=O)O)=C(\[2H])C/C([2H])=C(/[2H])C/C([2H])=C(/[2H])C/C([2H])=C(\[2H])CCCCC. The van der Waals surface area contributed by atoms with Crippen molar-refractivity contribution in [3.63, 3.8) is 0 Å². The molecule has 0 radical (unpaired) electrons. The fraction of sp³-hybridized carbons (Fsp3) is 0.550. The minimum absolute atomic E-state index is 0.0148. The summed E-state index contributed by atoms with van der Waals surface area (Å²) in [5.74, 6) is -0.978. The molecule has 0 heterocycles. The molecule has 0 bridgehead atoms. The van der Waals surface area contributed by atoms with Gasteiger partial charge in [0.2, 0.25) is 0 Å². The highest BCUT2D eigenvalue weighted by atomic mass is 16.4. The monoisotopic (exact) mass is 312 g/mol. The van der Waals surface area contributed by atoms with Gasteiger partial charge in [0.25, 0.3) is 0 Å². The Morgan fingerprint density at radius 3 is 1.73 bits per heavy atom. The molecule has 0 amide bonds. The van der Waals surface area contributed by atoms with Crippen LogP contribution in [0.5, 0.6) is 0 Å². The van der Waals surface area contributed by atoms with Crippen molar-refractivity contribution in [2.24, 2.45) is 0 Å². The Labute approximate surface area is 147 Å². The number of allylic oxidation sites excluding steroid dienone is 8. The first-order valence-corrected chi connectivity index (χ1v) is 7.82. The molecule has 0 aliphatic rings. The van der Waals surface area contributed by atoms with E-state index in [1.54, 1.807) is 0 Å². The van der Waals surface area contributed by atoms with Crippen LogP contribution < -0.4 is 0 Å². The molecule has 0 aromatic rings. The third kappa shape index (κ3) is 18.4. The van der Waals surface area contributed by atoms with Gasteiger partial charge >= 0.3 is 5.97 Å². The van der Waals surface area contributed by atoms with Gasteiger partial charge in [0.05, 0.1) is 11.0 Å². The van der Waals surface area contributed by atoms with E-state index < -0.39 is 5.97 Å². The smallest absolute Gasteiger partial charge is 0.303 e. The predicted octanol–water partition coefficient (Wildman–Crippen LogP) is 6.22. The molecule has 0 aliphatic heterocycles. The molecule has 0 atom stereocenters. The van der Waals surface area contributed by atoms with Gasteiger partial charge in [-0.05, 0) is 44.9 Å². The van der Waals surface area contributed by atoms with Crippen LogP contribution in [0, 0.1) is 0 Å². The molecule has 0 unspecified atom stereocenters. The van der Waals surface area contributed by atoms with Crippen LogP contribution in [0.2, 0.25) is 0 Å². The highest BCUT2D eigenvalue weighted by Gasteiger charge is 1.92. The number of carboxylic acid groups (broad SMARTS) is 1. The molecule has 0 saturated heterocycles. The van der Waals surface area contributed by atoms with Crippen molar-refractivity contribution in [1.29, 1.82) is 0 Å². The van der Waals surface area contributed by atoms with Crippen LogP contribution in [0.15, 0.2) is 48.4 Å². The lowest BCUT2D eigenvalue weighted by Gasteiger charge is -1.90. The first-order chi connectivity index (χ1) is 14.0. The summed E-state index contributed by atoms with van der Waals surface area (Å²) in [6.45, 7) is 2.04. The molecule has 2 heteroatoms. The second kappa shape index (κ2) is 17.5. The van der Waals surface area contributed by atoms with E-state index in [9.17, 15) is 4.79 Å². The topological polar surface area (TPSA) is 37.3 Å². The van der Waals surface area contributed by atoms with Crippen LogP contribution in [-0.4, -0.2) is 11.1 Å². The van der Waals surface area contributed by atoms with E-state index in [1.807, 2.05) is 6.92 Å². The first kappa shape index (κ1) is 10.3. The fourth-order valence-electron chi connectivity index (χ4n) is 1.48. The van der Waals surface area contributed by atoms with E-state index in [0.717, 1.165) is 19.3 Å². The standard InChI is InChI=1S/C20H32O2/c1-2-3-4-5-6-7-8-9-10-11-12-13-14-15-16-17-18-19-20(21)22/h6-7,9-10,12-13,15-16H,2-5,8,11,14,17-19H2,1H3,(H,21,22)/b7-6+,10-9-,13-12-,16-15-/i6D,7D,9D,10D,12D,13D,15D,16D. The van der Waals surface area contributed by atoms with Crippen LogP contribution in [0.4, 0.5) is 0 Å². The molecule has 124 valence electrons. The van der Waals surface area contributed by atoms with E-state index in [4.69, 9.17) is 16.1 Å². The maximum Gasteiger partial charge on any atom is 0.303 e. The van der Waals surface area contributed by atoms with Crippen molar-refractivity contribution in [3.8, 4) is 0 Å². The Morgan fingerprint density at radius 2 is 1.27 bits per heavy atom. The van der Waals surface area contributed by atoms with Gasteiger partial charge in [0.15, 0.2) is 0 Å². The van der Waals surface area contributed by atoms with Gasteiger partial charge in [0, 0.05) is 6.42 Å². The third-order valence-electron chi connectivity index (χ3n) is 2.63. The fourth-order valence-corrected chi connectivity index (χ4v) is 1.48. The summed E-state index contributed by atoms with van der Waals surface area (Å²) < 4.78 is 63.0. The number of unbranched alkanes of at least 4 members (excludes halogenated alkanes) is 2. The molecular weight excluding hydrogens is 272 g/mol. The van der Waals surface area contributed by atoms with Crippen LogP contribution in [-0.2, 0) is 4.79 Å². The Morgan fingerprint density at radius 1 is 0.818 bits per heavy atom. The number of rotatable bonds is 14. The Balaban J connectivity index is 5.00. The zero-order chi connectivity index (χ0) is 23.3. The molecule has 0 aliphatic carbocycles. The summed E-state index contributed by atoms with van der Waals surface area (Å²) in [7, 11) is 0. The maximum absolute atomic E-state index is 10.5. The highest BCUT2D eigenvalue weighted by Crippen LogP contribution is 2.01. The van der Waals surface area contributed by atoms with Gasteiger partial charge in [-0.3, -0.25) is 4.79 Å². The average molecular weight is 313 g/mol. The van der Waals surface area contributed by atoms with Gasteiger partial charge in [0.1, 0.15) is 0 Å². The lowest BCUT2D eigenvalue weighted by Crippen LogP contribution is -1.92. The molecule has 0 saturated carbocycles. The van der Waals surface area contributed by atoms with Gasteiger partial charge in [-0.25, -0.2) is 0 Å². The van der Waals surface area contributed by atoms with Crippen LogP contribution in [0.3, 0.4) is 0 Å². The minimum Gasteiger partial charge on any atom is -0.481 e. The van der Waals surface area contributed by atoms with Crippen molar-refractivity contribution >= 4 is 5.97 Å². The molecular formula is C20H32O2. The van der Waals surface area contributed by atoms with Crippen molar-refractivity contribution in [2.75, 3.05) is 0 Å². The third-order valence-corrected chi connectivity index (χ3v) is 2.63. The molecule has 0 rings (SSSR count). The van der Waals surface area contributed by atoms with Crippen molar-refractivity contribution < 1.29 is 20.9 Å². The Bertz CT molecular complexity index is 708. The van der Waals surface area contributed by atoms with Crippen molar-refractivity contribution in [1.82, 2.24) is 0 Å². The van der Waals surface area contributed by atoms with Crippen LogP contribution in [0.25, 0.3) is 0 Å². The maximum atomic E-state index is 10.5. The van der Waals surface area contributed by atoms with Gasteiger partial charge in [-0.2, -0.15) is 0 Å². The Hall–Kier alpha value is -1.57. The van der Waals surface area contributed by atoms with Gasteiger partial charge in [-0.1, -0.05) is 68.2 Å². The Kier molecular flexibility index (Phi) is 8.15. The van der Waals surface area contributed by atoms with Gasteiger partial charge < -0.3 is 5.11 Å². The quantitative estimate of drug-likeness (QED) is 0.305. The van der Waals surface area contributed by atoms with Crippen molar-refractivity contribution in [2.45, 2.75) is 71.1 Å². The zero-order valence-corrected chi connectivity index (χ0v) is 13.4. The molecule has 22 heavy (non-hydrogen) atoms. The lowest BCUT2D eigenvalue weighted by molar-refractivity contribution is -0.137. The second-order valence-corrected chi connectivity index (χ2v) is 4.65. The van der Waals surface area contributed by atoms with Crippen LogP contribution in [0.1, 0.15) is 82.1 Å². The number of hydrogen-bond donors (Lipinski definition) is 1. The normalized spacial score (nSPS) is 21.1. The zero-order valence-electron chi connectivity index (χ0n) is 21.4. The average Bonchev–Trinajstić information content (AvgIpc) is 2.67. The van der Waals surface area contributed by atoms with E-state index in [0.29, 0.717) is 6.42 Å². The largest absolute Gasteiger partial charge is 0.481 e. The number of carboxylic acids is 1. The highest BCUT2D eigenvalue weighted by molar-refractivity contribution is 5.66. The first-order valence-electron chi connectivity index (χ1n) is 11.8. The predicted molar refractivity (Wildman–Crippen MR) is 96.0 cm³/mol.